The van der Waals surface area contributed by atoms with Crippen molar-refractivity contribution in [1.29, 1.82) is 0 Å². The summed E-state index contributed by atoms with van der Waals surface area (Å²) in [5, 5.41) is 7.75. The number of ether oxygens (including phenoxy) is 2. The van der Waals surface area contributed by atoms with E-state index in [9.17, 15) is 9.59 Å². The maximum atomic E-state index is 12.8. The fourth-order valence-corrected chi connectivity index (χ4v) is 3.97. The van der Waals surface area contributed by atoms with Crippen LogP contribution in [0.4, 0.5) is 10.5 Å². The van der Waals surface area contributed by atoms with E-state index in [0.717, 1.165) is 27.6 Å². The highest BCUT2D eigenvalue weighted by atomic mass is 16.5. The second-order valence-electron chi connectivity index (χ2n) is 7.83. The number of nitrogens with one attached hydrogen (secondary N) is 2. The SMILES string of the molecule is COc1cc2c(cc1OC)CN(C(=O)N[C@@H](C)C(=O)Nc1cccc3ccccc13)CC2. The molecule has 4 rings (SSSR count). The molecule has 1 atom stereocenters. The Balaban J connectivity index is 1.41. The van der Waals surface area contributed by atoms with Crippen LogP contribution in [0.3, 0.4) is 0 Å². The van der Waals surface area contributed by atoms with Gasteiger partial charge in [-0.1, -0.05) is 36.4 Å². The minimum absolute atomic E-state index is 0.265. The van der Waals surface area contributed by atoms with Gasteiger partial charge in [0.05, 0.1) is 14.2 Å². The first-order valence-corrected chi connectivity index (χ1v) is 10.6. The van der Waals surface area contributed by atoms with Crippen molar-refractivity contribution in [3.05, 3.63) is 65.7 Å². The number of anilines is 1. The van der Waals surface area contributed by atoms with Gasteiger partial charge in [0.1, 0.15) is 6.04 Å². The van der Waals surface area contributed by atoms with E-state index < -0.39 is 6.04 Å². The number of carbonyl (C=O) groups is 2. The highest BCUT2D eigenvalue weighted by Gasteiger charge is 2.25. The predicted octanol–water partition coefficient (Wildman–Crippen LogP) is 3.95. The van der Waals surface area contributed by atoms with Crippen LogP contribution < -0.4 is 20.1 Å². The Morgan fingerprint density at radius 2 is 1.66 bits per heavy atom. The first-order valence-electron chi connectivity index (χ1n) is 10.6. The van der Waals surface area contributed by atoms with Crippen LogP contribution in [0.15, 0.2) is 54.6 Å². The van der Waals surface area contributed by atoms with Crippen LogP contribution in [0.2, 0.25) is 0 Å². The van der Waals surface area contributed by atoms with Crippen LogP contribution >= 0.6 is 0 Å². The summed E-state index contributed by atoms with van der Waals surface area (Å²) in [6.45, 7) is 2.69. The third-order valence-electron chi connectivity index (χ3n) is 5.79. The van der Waals surface area contributed by atoms with Crippen molar-refractivity contribution in [3.63, 3.8) is 0 Å². The molecule has 1 aliphatic rings. The summed E-state index contributed by atoms with van der Waals surface area (Å²) in [7, 11) is 3.20. The lowest BCUT2D eigenvalue weighted by Gasteiger charge is -2.30. The summed E-state index contributed by atoms with van der Waals surface area (Å²) in [4.78, 5) is 27.3. The Kier molecular flexibility index (Phi) is 6.16. The van der Waals surface area contributed by atoms with Crippen LogP contribution in [0.5, 0.6) is 11.5 Å². The Bertz CT molecular complexity index is 1160. The van der Waals surface area contributed by atoms with Gasteiger partial charge < -0.3 is 25.0 Å². The van der Waals surface area contributed by atoms with E-state index in [1.807, 2.05) is 54.6 Å². The molecule has 0 aliphatic carbocycles. The molecule has 0 saturated carbocycles. The van der Waals surface area contributed by atoms with Crippen LogP contribution in [0, 0.1) is 0 Å². The molecule has 0 radical (unpaired) electrons. The summed E-state index contributed by atoms with van der Waals surface area (Å²) in [5.41, 5.74) is 2.87. The first kappa shape index (κ1) is 21.5. The Labute approximate surface area is 187 Å². The van der Waals surface area contributed by atoms with Gasteiger partial charge in [0.2, 0.25) is 5.91 Å². The molecule has 32 heavy (non-hydrogen) atoms. The van der Waals surface area contributed by atoms with Crippen LogP contribution in [0.1, 0.15) is 18.1 Å². The van der Waals surface area contributed by atoms with E-state index in [4.69, 9.17) is 9.47 Å². The van der Waals surface area contributed by atoms with Gasteiger partial charge >= 0.3 is 6.03 Å². The average molecular weight is 434 g/mol. The maximum absolute atomic E-state index is 12.8. The van der Waals surface area contributed by atoms with Crippen molar-refractivity contribution in [2.75, 3.05) is 26.1 Å². The van der Waals surface area contributed by atoms with Gasteiger partial charge in [-0.15, -0.1) is 0 Å². The van der Waals surface area contributed by atoms with E-state index in [1.54, 1.807) is 26.0 Å². The zero-order chi connectivity index (χ0) is 22.7. The lowest BCUT2D eigenvalue weighted by Crippen LogP contribution is -2.49. The van der Waals surface area contributed by atoms with E-state index in [0.29, 0.717) is 31.0 Å². The Hall–Kier alpha value is -3.74. The van der Waals surface area contributed by atoms with Gasteiger partial charge in [-0.2, -0.15) is 0 Å². The number of fused-ring (bicyclic) bond motifs is 2. The number of nitrogens with zero attached hydrogens (tertiary/aromatic N) is 1. The molecule has 0 aromatic heterocycles. The lowest BCUT2D eigenvalue weighted by atomic mass is 9.99. The molecule has 2 N–H and O–H groups in total. The number of hydrogen-bond acceptors (Lipinski definition) is 4. The van der Waals surface area contributed by atoms with Crippen molar-refractivity contribution in [2.24, 2.45) is 0 Å². The van der Waals surface area contributed by atoms with E-state index in [1.165, 1.54) is 0 Å². The van der Waals surface area contributed by atoms with Crippen LogP contribution in [-0.2, 0) is 17.8 Å². The fraction of sp³-hybridized carbons (Fsp3) is 0.280. The number of methoxy groups -OCH3 is 2. The highest BCUT2D eigenvalue weighted by molar-refractivity contribution is 6.04. The van der Waals surface area contributed by atoms with E-state index in [2.05, 4.69) is 10.6 Å². The molecule has 3 amide bonds. The average Bonchev–Trinajstić information content (AvgIpc) is 2.82. The first-order chi connectivity index (χ1) is 15.5. The molecule has 0 bridgehead atoms. The van der Waals surface area contributed by atoms with Crippen molar-refractivity contribution >= 4 is 28.4 Å². The number of hydrogen-bond donors (Lipinski definition) is 2. The van der Waals surface area contributed by atoms with Gasteiger partial charge in [0.25, 0.3) is 0 Å². The molecule has 1 aliphatic heterocycles. The summed E-state index contributed by atoms with van der Waals surface area (Å²) >= 11 is 0. The predicted molar refractivity (Wildman–Crippen MR) is 124 cm³/mol. The number of amides is 3. The molecule has 166 valence electrons. The van der Waals surface area contributed by atoms with E-state index in [-0.39, 0.29) is 11.9 Å². The largest absolute Gasteiger partial charge is 0.493 e. The van der Waals surface area contributed by atoms with Crippen molar-refractivity contribution < 1.29 is 19.1 Å². The molecule has 3 aromatic rings. The minimum atomic E-state index is -0.687. The second kappa shape index (κ2) is 9.18. The third-order valence-corrected chi connectivity index (χ3v) is 5.79. The van der Waals surface area contributed by atoms with Gasteiger partial charge in [0.15, 0.2) is 11.5 Å². The standard InChI is InChI=1S/C25H27N3O4/c1-16(24(29)27-21-10-6-8-17-7-4-5-9-20(17)21)26-25(30)28-12-11-18-13-22(31-2)23(32-3)14-19(18)15-28/h4-10,13-14,16H,11-12,15H2,1-3H3,(H,26,30)(H,27,29)/t16-/m0/s1. The summed E-state index contributed by atoms with van der Waals surface area (Å²) in [6, 6.07) is 16.5. The number of carbonyl (C=O) groups excluding carboxylic acids is 2. The van der Waals surface area contributed by atoms with Gasteiger partial charge in [-0.05, 0) is 48.1 Å². The number of rotatable bonds is 5. The highest BCUT2D eigenvalue weighted by Crippen LogP contribution is 2.33. The second-order valence-corrected chi connectivity index (χ2v) is 7.83. The Morgan fingerprint density at radius 1 is 0.969 bits per heavy atom. The molecular formula is C25H27N3O4. The summed E-state index contributed by atoms with van der Waals surface area (Å²) < 4.78 is 10.8. The zero-order valence-electron chi connectivity index (χ0n) is 18.5. The smallest absolute Gasteiger partial charge is 0.318 e. The molecule has 7 nitrogen and oxygen atoms in total. The molecular weight excluding hydrogens is 406 g/mol. The Morgan fingerprint density at radius 3 is 2.41 bits per heavy atom. The zero-order valence-corrected chi connectivity index (χ0v) is 18.5. The van der Waals surface area contributed by atoms with Crippen molar-refractivity contribution in [1.82, 2.24) is 10.2 Å². The molecule has 1 heterocycles. The topological polar surface area (TPSA) is 79.9 Å². The minimum Gasteiger partial charge on any atom is -0.493 e. The molecule has 7 heteroatoms. The van der Waals surface area contributed by atoms with Gasteiger partial charge in [-0.3, -0.25) is 4.79 Å². The molecule has 0 unspecified atom stereocenters. The molecule has 0 fully saturated rings. The monoisotopic (exact) mass is 433 g/mol. The summed E-state index contributed by atoms with van der Waals surface area (Å²) in [5.74, 6) is 1.05. The number of urea groups is 1. The maximum Gasteiger partial charge on any atom is 0.318 e. The van der Waals surface area contributed by atoms with Crippen LogP contribution in [-0.4, -0.2) is 43.6 Å². The third kappa shape index (κ3) is 4.32. The van der Waals surface area contributed by atoms with Gasteiger partial charge in [0, 0.05) is 24.2 Å². The molecule has 3 aromatic carbocycles. The summed E-state index contributed by atoms with van der Waals surface area (Å²) in [6.07, 6.45) is 0.708. The molecule has 0 saturated heterocycles. The van der Waals surface area contributed by atoms with Crippen LogP contribution in [0.25, 0.3) is 10.8 Å². The van der Waals surface area contributed by atoms with Crippen molar-refractivity contribution in [3.8, 4) is 11.5 Å². The van der Waals surface area contributed by atoms with E-state index >= 15 is 0 Å². The lowest BCUT2D eigenvalue weighted by molar-refractivity contribution is -0.117. The normalized spacial score (nSPS) is 13.8. The van der Waals surface area contributed by atoms with Gasteiger partial charge in [-0.25, -0.2) is 4.79 Å². The quantitative estimate of drug-likeness (QED) is 0.639. The van der Waals surface area contributed by atoms with Crippen molar-refractivity contribution in [2.45, 2.75) is 25.9 Å². The molecule has 0 spiro atoms. The number of benzene rings is 3. The fourth-order valence-electron chi connectivity index (χ4n) is 3.97.